The Bertz CT molecular complexity index is 417. The average molecular weight is 235 g/mol. The van der Waals surface area contributed by atoms with Crippen LogP contribution in [0.25, 0.3) is 0 Å². The van der Waals surface area contributed by atoms with E-state index in [1.807, 2.05) is 13.0 Å². The van der Waals surface area contributed by atoms with Crippen molar-refractivity contribution < 1.29 is 14.6 Å². The normalized spacial score (nSPS) is 15.4. The van der Waals surface area contributed by atoms with Crippen LogP contribution in [0, 0.1) is 0 Å². The van der Waals surface area contributed by atoms with Crippen LogP contribution in [0.3, 0.4) is 0 Å². The van der Waals surface area contributed by atoms with E-state index in [-0.39, 0.29) is 5.97 Å². The van der Waals surface area contributed by atoms with Crippen LogP contribution >= 0.6 is 0 Å². The third kappa shape index (κ3) is 2.97. The number of esters is 1. The molecule has 1 heterocycles. The van der Waals surface area contributed by atoms with Crippen LogP contribution < -0.4 is 0 Å². The molecular weight excluding hydrogens is 218 g/mol. The number of fused-ring (bicyclic) bond motifs is 1. The van der Waals surface area contributed by atoms with E-state index in [0.717, 1.165) is 19.5 Å². The number of phenols is 1. The van der Waals surface area contributed by atoms with Crippen molar-refractivity contribution in [2.45, 2.75) is 19.9 Å². The molecule has 0 saturated heterocycles. The lowest BCUT2D eigenvalue weighted by atomic mass is 9.99. The van der Waals surface area contributed by atoms with E-state index >= 15 is 0 Å². The number of nitrogens with zero attached hydrogens (tertiary/aromatic N) is 1. The number of rotatable bonds is 3. The van der Waals surface area contributed by atoms with Crippen molar-refractivity contribution in [2.75, 3.05) is 19.7 Å². The van der Waals surface area contributed by atoms with Crippen LogP contribution in [0.1, 0.15) is 18.1 Å². The maximum absolute atomic E-state index is 11.4. The molecule has 0 bridgehead atoms. The fourth-order valence-electron chi connectivity index (χ4n) is 2.12. The van der Waals surface area contributed by atoms with Gasteiger partial charge in [-0.25, -0.2) is 0 Å². The molecule has 0 amide bonds. The first-order valence-corrected chi connectivity index (χ1v) is 5.88. The highest BCUT2D eigenvalue weighted by molar-refractivity contribution is 5.71. The molecular formula is C13H17NO3. The minimum atomic E-state index is -0.172. The second kappa shape index (κ2) is 5.19. The van der Waals surface area contributed by atoms with E-state index in [0.29, 0.717) is 18.9 Å². The smallest absolute Gasteiger partial charge is 0.320 e. The molecule has 1 N–H and O–H groups in total. The van der Waals surface area contributed by atoms with E-state index in [4.69, 9.17) is 4.74 Å². The largest absolute Gasteiger partial charge is 0.508 e. The topological polar surface area (TPSA) is 49.8 Å². The average Bonchev–Trinajstić information content (AvgIpc) is 2.29. The summed E-state index contributed by atoms with van der Waals surface area (Å²) in [5.41, 5.74) is 2.35. The third-order valence-corrected chi connectivity index (χ3v) is 2.94. The summed E-state index contributed by atoms with van der Waals surface area (Å²) in [5, 5.41) is 9.38. The summed E-state index contributed by atoms with van der Waals surface area (Å²) in [6.07, 6.45) is 0.864. The minimum Gasteiger partial charge on any atom is -0.508 e. The molecule has 0 spiro atoms. The molecule has 92 valence electrons. The summed E-state index contributed by atoms with van der Waals surface area (Å²) < 4.78 is 4.93. The SMILES string of the molecule is CCOC(=O)CN1CCc2cc(O)ccc2C1. The van der Waals surface area contributed by atoms with Gasteiger partial charge in [0.15, 0.2) is 0 Å². The Morgan fingerprint density at radius 1 is 1.47 bits per heavy atom. The van der Waals surface area contributed by atoms with E-state index < -0.39 is 0 Å². The lowest BCUT2D eigenvalue weighted by Crippen LogP contribution is -2.35. The maximum atomic E-state index is 11.4. The predicted octanol–water partition coefficient (Wildman–Crippen LogP) is 1.31. The number of hydrogen-bond donors (Lipinski definition) is 1. The van der Waals surface area contributed by atoms with Gasteiger partial charge in [0.25, 0.3) is 0 Å². The number of carbonyl (C=O) groups excluding carboxylic acids is 1. The second-order valence-electron chi connectivity index (χ2n) is 4.22. The molecule has 1 aromatic rings. The van der Waals surface area contributed by atoms with Crippen molar-refractivity contribution in [1.29, 1.82) is 0 Å². The third-order valence-electron chi connectivity index (χ3n) is 2.94. The molecule has 1 aromatic carbocycles. The molecule has 4 nitrogen and oxygen atoms in total. The Hall–Kier alpha value is -1.55. The number of phenolic OH excluding ortho intramolecular Hbond substituents is 1. The molecule has 1 aliphatic rings. The Morgan fingerprint density at radius 2 is 2.29 bits per heavy atom. The van der Waals surface area contributed by atoms with Gasteiger partial charge in [-0.05, 0) is 36.6 Å². The van der Waals surface area contributed by atoms with Crippen LogP contribution in [-0.4, -0.2) is 35.7 Å². The van der Waals surface area contributed by atoms with E-state index in [1.54, 1.807) is 12.1 Å². The first-order chi connectivity index (χ1) is 8.19. The molecule has 1 aliphatic heterocycles. The molecule has 2 rings (SSSR count). The predicted molar refractivity (Wildman–Crippen MR) is 63.7 cm³/mol. The van der Waals surface area contributed by atoms with Gasteiger partial charge in [0.1, 0.15) is 5.75 Å². The number of hydrogen-bond acceptors (Lipinski definition) is 4. The Morgan fingerprint density at radius 3 is 3.06 bits per heavy atom. The van der Waals surface area contributed by atoms with Gasteiger partial charge < -0.3 is 9.84 Å². The van der Waals surface area contributed by atoms with Crippen LogP contribution in [0.5, 0.6) is 5.75 Å². The summed E-state index contributed by atoms with van der Waals surface area (Å²) in [6.45, 7) is 4.15. The maximum Gasteiger partial charge on any atom is 0.320 e. The summed E-state index contributed by atoms with van der Waals surface area (Å²) in [5.74, 6) is 0.136. The quantitative estimate of drug-likeness (QED) is 0.803. The number of benzene rings is 1. The molecule has 0 atom stereocenters. The zero-order valence-electron chi connectivity index (χ0n) is 9.98. The highest BCUT2D eigenvalue weighted by atomic mass is 16.5. The highest BCUT2D eigenvalue weighted by Gasteiger charge is 2.18. The van der Waals surface area contributed by atoms with Gasteiger partial charge in [0, 0.05) is 13.1 Å². The van der Waals surface area contributed by atoms with Crippen LogP contribution in [-0.2, 0) is 22.5 Å². The summed E-state index contributed by atoms with van der Waals surface area (Å²) in [7, 11) is 0. The monoisotopic (exact) mass is 235 g/mol. The molecule has 0 radical (unpaired) electrons. The van der Waals surface area contributed by atoms with Crippen molar-refractivity contribution in [2.24, 2.45) is 0 Å². The zero-order chi connectivity index (χ0) is 12.3. The first-order valence-electron chi connectivity index (χ1n) is 5.88. The standard InChI is InChI=1S/C13H17NO3/c1-2-17-13(16)9-14-6-5-10-7-12(15)4-3-11(10)8-14/h3-4,7,15H,2,5-6,8-9H2,1H3. The van der Waals surface area contributed by atoms with Crippen molar-refractivity contribution in [3.63, 3.8) is 0 Å². The molecule has 0 aliphatic carbocycles. The number of ether oxygens (including phenoxy) is 1. The highest BCUT2D eigenvalue weighted by Crippen LogP contribution is 2.22. The van der Waals surface area contributed by atoms with E-state index in [9.17, 15) is 9.90 Å². The van der Waals surface area contributed by atoms with Crippen LogP contribution in [0.2, 0.25) is 0 Å². The van der Waals surface area contributed by atoms with Crippen molar-refractivity contribution in [3.8, 4) is 5.75 Å². The Balaban J connectivity index is 1.99. The van der Waals surface area contributed by atoms with Gasteiger partial charge in [-0.2, -0.15) is 0 Å². The van der Waals surface area contributed by atoms with Crippen molar-refractivity contribution in [1.82, 2.24) is 4.90 Å². The van der Waals surface area contributed by atoms with E-state index in [1.165, 1.54) is 11.1 Å². The summed E-state index contributed by atoms with van der Waals surface area (Å²) >= 11 is 0. The number of aromatic hydroxyl groups is 1. The molecule has 0 fully saturated rings. The first kappa shape index (κ1) is 11.9. The fourth-order valence-corrected chi connectivity index (χ4v) is 2.12. The lowest BCUT2D eigenvalue weighted by Gasteiger charge is -2.27. The van der Waals surface area contributed by atoms with Gasteiger partial charge in [-0.1, -0.05) is 6.07 Å². The molecule has 0 saturated carbocycles. The minimum absolute atomic E-state index is 0.172. The lowest BCUT2D eigenvalue weighted by molar-refractivity contribution is -0.144. The van der Waals surface area contributed by atoms with Gasteiger partial charge in [0.05, 0.1) is 13.2 Å². The second-order valence-corrected chi connectivity index (χ2v) is 4.22. The van der Waals surface area contributed by atoms with Crippen molar-refractivity contribution in [3.05, 3.63) is 29.3 Å². The van der Waals surface area contributed by atoms with E-state index in [2.05, 4.69) is 4.90 Å². The fraction of sp³-hybridized carbons (Fsp3) is 0.462. The van der Waals surface area contributed by atoms with Gasteiger partial charge in [0.2, 0.25) is 0 Å². The summed E-state index contributed by atoms with van der Waals surface area (Å²) in [6, 6.07) is 5.41. The van der Waals surface area contributed by atoms with Gasteiger partial charge in [-0.3, -0.25) is 9.69 Å². The zero-order valence-corrected chi connectivity index (χ0v) is 9.98. The van der Waals surface area contributed by atoms with Gasteiger partial charge in [-0.15, -0.1) is 0 Å². The van der Waals surface area contributed by atoms with Crippen LogP contribution in [0.4, 0.5) is 0 Å². The molecule has 0 unspecified atom stereocenters. The Labute approximate surface area is 101 Å². The van der Waals surface area contributed by atoms with Crippen LogP contribution in [0.15, 0.2) is 18.2 Å². The van der Waals surface area contributed by atoms with Crippen molar-refractivity contribution >= 4 is 5.97 Å². The Kier molecular flexibility index (Phi) is 3.64. The van der Waals surface area contributed by atoms with Gasteiger partial charge >= 0.3 is 5.97 Å². The summed E-state index contributed by atoms with van der Waals surface area (Å²) in [4.78, 5) is 13.4. The molecule has 4 heteroatoms. The molecule has 17 heavy (non-hydrogen) atoms. The number of carbonyl (C=O) groups is 1. The molecule has 0 aromatic heterocycles.